The molecule has 2 amide bonds. The van der Waals surface area contributed by atoms with Crippen LogP contribution in [0.2, 0.25) is 0 Å². The number of nitrogens with one attached hydrogen (secondary N) is 2. The van der Waals surface area contributed by atoms with E-state index in [1.807, 2.05) is 4.90 Å². The third-order valence-corrected chi connectivity index (χ3v) is 6.86. The highest BCUT2D eigenvalue weighted by Crippen LogP contribution is 2.29. The van der Waals surface area contributed by atoms with Crippen LogP contribution in [-0.4, -0.2) is 107 Å². The molecular formula is C25H31FN8O6. The Labute approximate surface area is 228 Å². The lowest BCUT2D eigenvalue weighted by molar-refractivity contribution is -0.131. The Morgan fingerprint density at radius 1 is 1.27 bits per heavy atom. The van der Waals surface area contributed by atoms with E-state index in [1.54, 1.807) is 46.1 Å². The van der Waals surface area contributed by atoms with Crippen LogP contribution in [0.5, 0.6) is 0 Å². The van der Waals surface area contributed by atoms with Crippen molar-refractivity contribution in [2.24, 2.45) is 0 Å². The summed E-state index contributed by atoms with van der Waals surface area (Å²) < 4.78 is 26.8. The maximum atomic E-state index is 15.1. The number of anilines is 2. The molecule has 2 fully saturated rings. The van der Waals surface area contributed by atoms with E-state index in [4.69, 9.17) is 4.74 Å². The van der Waals surface area contributed by atoms with Crippen molar-refractivity contribution in [1.82, 2.24) is 29.9 Å². The van der Waals surface area contributed by atoms with Crippen molar-refractivity contribution in [1.29, 1.82) is 0 Å². The van der Waals surface area contributed by atoms with E-state index in [-0.39, 0.29) is 25.5 Å². The van der Waals surface area contributed by atoms with E-state index < -0.39 is 30.7 Å². The molecule has 15 heteroatoms. The molecule has 2 aromatic heterocycles. The first-order valence-electron chi connectivity index (χ1n) is 12.8. The predicted molar refractivity (Wildman–Crippen MR) is 140 cm³/mol. The van der Waals surface area contributed by atoms with Gasteiger partial charge in [-0.1, -0.05) is 0 Å². The van der Waals surface area contributed by atoms with Crippen LogP contribution >= 0.6 is 0 Å². The van der Waals surface area contributed by atoms with Gasteiger partial charge in [-0.2, -0.15) is 0 Å². The van der Waals surface area contributed by atoms with Crippen LogP contribution in [0.15, 0.2) is 42.9 Å². The van der Waals surface area contributed by atoms with Crippen molar-refractivity contribution in [3.05, 3.63) is 54.4 Å². The average Bonchev–Trinajstić information content (AvgIpc) is 3.58. The third kappa shape index (κ3) is 6.07. The number of ether oxygens (including phenoxy) is 2. The number of rotatable bonds is 8. The summed E-state index contributed by atoms with van der Waals surface area (Å²) in [6.07, 6.45) is 1.50. The van der Waals surface area contributed by atoms with Gasteiger partial charge in [0.2, 0.25) is 18.1 Å². The zero-order valence-corrected chi connectivity index (χ0v) is 21.8. The standard InChI is InChI=1S/C25H31FN8O6/c1-39-24(37)29-12-17-14-34(25(38)40-17)16-3-4-20(18(26)11-16)31-7-9-32(10-8-31)21(35)13-28-22(36)19-15-33-6-2-5-27-23(33)30-19/h2-6,11,15,17,22,25,28,36,38H,7-10,12-14H2,1H3,(H,29,37)/t17-,22?,25?/m0/s1. The molecule has 2 unspecified atom stereocenters. The van der Waals surface area contributed by atoms with Crippen molar-refractivity contribution in [2.45, 2.75) is 18.7 Å². The Kier molecular flexibility index (Phi) is 8.25. The van der Waals surface area contributed by atoms with E-state index >= 15 is 4.39 Å². The molecule has 2 aliphatic rings. The number of fused-ring (bicyclic) bond motifs is 1. The number of aromatic nitrogens is 3. The smallest absolute Gasteiger partial charge is 0.406 e. The Balaban J connectivity index is 1.11. The molecule has 5 rings (SSSR count). The third-order valence-electron chi connectivity index (χ3n) is 6.86. The van der Waals surface area contributed by atoms with Gasteiger partial charge in [-0.3, -0.25) is 14.5 Å². The fraction of sp³-hybridized carbons (Fsp3) is 0.440. The first kappa shape index (κ1) is 27.5. The van der Waals surface area contributed by atoms with Gasteiger partial charge in [0.15, 0.2) is 0 Å². The molecule has 3 aromatic rings. The summed E-state index contributed by atoms with van der Waals surface area (Å²) in [4.78, 5) is 37.4. The summed E-state index contributed by atoms with van der Waals surface area (Å²) in [6, 6.07) is 6.41. The lowest BCUT2D eigenvalue weighted by Gasteiger charge is -2.36. The molecule has 40 heavy (non-hydrogen) atoms. The van der Waals surface area contributed by atoms with E-state index in [1.165, 1.54) is 18.1 Å². The second kappa shape index (κ2) is 12.0. The first-order valence-corrected chi connectivity index (χ1v) is 12.8. The van der Waals surface area contributed by atoms with Gasteiger partial charge in [-0.15, -0.1) is 0 Å². The molecule has 4 heterocycles. The number of carbonyl (C=O) groups excluding carboxylic acids is 2. The molecule has 2 aliphatic heterocycles. The number of aliphatic hydroxyl groups excluding tert-OH is 2. The fourth-order valence-electron chi connectivity index (χ4n) is 4.72. The zero-order chi connectivity index (χ0) is 28.2. The molecule has 3 atom stereocenters. The lowest BCUT2D eigenvalue weighted by atomic mass is 10.2. The molecule has 14 nitrogen and oxygen atoms in total. The minimum atomic E-state index is -1.28. The van der Waals surface area contributed by atoms with Gasteiger partial charge in [0.25, 0.3) is 0 Å². The molecule has 4 N–H and O–H groups in total. The Bertz CT molecular complexity index is 1320. The number of piperazine rings is 1. The predicted octanol–water partition coefficient (Wildman–Crippen LogP) is -0.365. The summed E-state index contributed by atoms with van der Waals surface area (Å²) in [5.41, 5.74) is 1.19. The van der Waals surface area contributed by atoms with Gasteiger partial charge in [0, 0.05) is 57.0 Å². The Morgan fingerprint density at radius 2 is 2.08 bits per heavy atom. The van der Waals surface area contributed by atoms with Gasteiger partial charge in [-0.25, -0.2) is 19.2 Å². The van der Waals surface area contributed by atoms with Crippen LogP contribution in [0.1, 0.15) is 11.9 Å². The summed E-state index contributed by atoms with van der Waals surface area (Å²) in [5, 5.41) is 26.0. The number of amides is 2. The molecule has 0 saturated carbocycles. The number of methoxy groups -OCH3 is 1. The number of nitrogens with zero attached hydrogens (tertiary/aromatic N) is 6. The molecule has 1 aromatic carbocycles. The fourth-order valence-corrected chi connectivity index (χ4v) is 4.72. The normalized spacial score (nSPS) is 20.1. The van der Waals surface area contributed by atoms with Crippen molar-refractivity contribution < 1.29 is 33.7 Å². The lowest BCUT2D eigenvalue weighted by Crippen LogP contribution is -2.51. The van der Waals surface area contributed by atoms with E-state index in [0.717, 1.165) is 0 Å². The second-order valence-corrected chi connectivity index (χ2v) is 9.39. The van der Waals surface area contributed by atoms with Gasteiger partial charge < -0.3 is 39.7 Å². The minimum absolute atomic E-state index is 0.0814. The number of carbonyl (C=O) groups is 2. The van der Waals surface area contributed by atoms with Crippen LogP contribution in [0.25, 0.3) is 5.78 Å². The summed E-state index contributed by atoms with van der Waals surface area (Å²) in [5.74, 6) is -0.203. The number of benzene rings is 1. The molecule has 0 spiro atoms. The molecule has 0 aliphatic carbocycles. The zero-order valence-electron chi connectivity index (χ0n) is 21.8. The topological polar surface area (TPSA) is 157 Å². The monoisotopic (exact) mass is 558 g/mol. The number of aliphatic hydroxyl groups is 2. The summed E-state index contributed by atoms with van der Waals surface area (Å²) in [6.45, 7) is 1.95. The van der Waals surface area contributed by atoms with Crippen LogP contribution in [0, 0.1) is 5.82 Å². The highest BCUT2D eigenvalue weighted by molar-refractivity contribution is 5.78. The molecule has 214 valence electrons. The number of halogens is 1. The first-order chi connectivity index (χ1) is 19.3. The van der Waals surface area contributed by atoms with Crippen molar-refractivity contribution in [3.63, 3.8) is 0 Å². The Hall–Kier alpha value is -4.05. The molecular weight excluding hydrogens is 527 g/mol. The largest absolute Gasteiger partial charge is 0.453 e. The van der Waals surface area contributed by atoms with Crippen LogP contribution in [-0.2, 0) is 14.3 Å². The Morgan fingerprint density at radius 3 is 2.80 bits per heavy atom. The minimum Gasteiger partial charge on any atom is -0.453 e. The maximum Gasteiger partial charge on any atom is 0.406 e. The number of hydrogen-bond donors (Lipinski definition) is 4. The van der Waals surface area contributed by atoms with E-state index in [2.05, 4.69) is 25.3 Å². The van der Waals surface area contributed by atoms with Crippen LogP contribution in [0.4, 0.5) is 20.6 Å². The van der Waals surface area contributed by atoms with Gasteiger partial charge in [0.05, 0.1) is 32.0 Å². The maximum absolute atomic E-state index is 15.1. The van der Waals surface area contributed by atoms with Crippen molar-refractivity contribution in [3.8, 4) is 0 Å². The SMILES string of the molecule is COC(=O)NC[C@H]1CN(c2ccc(N3CCN(C(=O)CNC(O)c4cn5cccnc5n4)CC3)c(F)c2)C(O)O1. The highest BCUT2D eigenvalue weighted by Gasteiger charge is 2.33. The van der Waals surface area contributed by atoms with Gasteiger partial charge >= 0.3 is 6.09 Å². The molecule has 2 saturated heterocycles. The average molecular weight is 559 g/mol. The second-order valence-electron chi connectivity index (χ2n) is 9.39. The summed E-state index contributed by atoms with van der Waals surface area (Å²) in [7, 11) is 1.25. The molecule has 0 radical (unpaired) electrons. The van der Waals surface area contributed by atoms with Crippen molar-refractivity contribution in [2.75, 3.05) is 62.7 Å². The summed E-state index contributed by atoms with van der Waals surface area (Å²) >= 11 is 0. The number of hydrogen-bond acceptors (Lipinski definition) is 11. The van der Waals surface area contributed by atoms with Gasteiger partial charge in [-0.05, 0) is 24.3 Å². The van der Waals surface area contributed by atoms with Crippen LogP contribution < -0.4 is 20.4 Å². The number of imidazole rings is 1. The van der Waals surface area contributed by atoms with Crippen LogP contribution in [0.3, 0.4) is 0 Å². The van der Waals surface area contributed by atoms with E-state index in [0.29, 0.717) is 49.0 Å². The van der Waals surface area contributed by atoms with Crippen molar-refractivity contribution >= 4 is 29.2 Å². The highest BCUT2D eigenvalue weighted by atomic mass is 19.1. The quantitative estimate of drug-likeness (QED) is 0.268. The number of alkyl carbamates (subject to hydrolysis) is 1. The molecule has 0 bridgehead atoms. The van der Waals surface area contributed by atoms with E-state index in [9.17, 15) is 19.8 Å². The van der Waals surface area contributed by atoms with Gasteiger partial charge in [0.1, 0.15) is 17.7 Å².